The zero-order valence-electron chi connectivity index (χ0n) is 17.6. The van der Waals surface area contributed by atoms with Gasteiger partial charge < -0.3 is 24.3 Å². The molecule has 1 amide bonds. The lowest BCUT2D eigenvalue weighted by Crippen LogP contribution is -2.23. The van der Waals surface area contributed by atoms with Crippen molar-refractivity contribution in [2.75, 3.05) is 33.5 Å². The molecule has 6 heteroatoms. The number of ether oxygens (including phenoxy) is 4. The Morgan fingerprint density at radius 1 is 0.710 bits per heavy atom. The fraction of sp³-hybridized carbons (Fsp3) is 0.240. The molecule has 0 aromatic heterocycles. The molecular weight excluding hydrogens is 394 g/mol. The molecule has 0 aliphatic carbocycles. The van der Waals surface area contributed by atoms with Gasteiger partial charge in [0.05, 0.1) is 12.2 Å². The summed E-state index contributed by atoms with van der Waals surface area (Å²) in [5.41, 5.74) is 1.46. The van der Waals surface area contributed by atoms with Gasteiger partial charge in [-0.2, -0.15) is 0 Å². The van der Waals surface area contributed by atoms with E-state index in [1.807, 2.05) is 66.7 Å². The molecule has 0 aliphatic heterocycles. The SMILES string of the molecule is COCCOc1ccc(CNC(=O)c2ccccc2OCCOc2ccccc2)cc1. The fourth-order valence-corrected chi connectivity index (χ4v) is 2.83. The van der Waals surface area contributed by atoms with E-state index in [0.29, 0.717) is 44.3 Å². The van der Waals surface area contributed by atoms with Gasteiger partial charge in [-0.25, -0.2) is 0 Å². The highest BCUT2D eigenvalue weighted by Gasteiger charge is 2.12. The third-order valence-corrected chi connectivity index (χ3v) is 4.42. The minimum Gasteiger partial charge on any atom is -0.491 e. The van der Waals surface area contributed by atoms with Crippen LogP contribution in [0.25, 0.3) is 0 Å². The van der Waals surface area contributed by atoms with E-state index >= 15 is 0 Å². The van der Waals surface area contributed by atoms with Crippen molar-refractivity contribution < 1.29 is 23.7 Å². The lowest BCUT2D eigenvalue weighted by atomic mass is 10.1. The van der Waals surface area contributed by atoms with Crippen molar-refractivity contribution in [2.45, 2.75) is 6.54 Å². The van der Waals surface area contributed by atoms with Crippen molar-refractivity contribution in [3.05, 3.63) is 90.0 Å². The summed E-state index contributed by atoms with van der Waals surface area (Å²) in [5, 5.41) is 2.93. The van der Waals surface area contributed by atoms with Crippen molar-refractivity contribution in [1.82, 2.24) is 5.32 Å². The number of benzene rings is 3. The van der Waals surface area contributed by atoms with Gasteiger partial charge in [-0.3, -0.25) is 4.79 Å². The minimum absolute atomic E-state index is 0.194. The summed E-state index contributed by atoms with van der Waals surface area (Å²) in [6, 6.07) is 24.3. The number of hydrogen-bond acceptors (Lipinski definition) is 5. The molecule has 162 valence electrons. The third kappa shape index (κ3) is 7.35. The zero-order chi connectivity index (χ0) is 21.7. The number of para-hydroxylation sites is 2. The van der Waals surface area contributed by atoms with E-state index in [9.17, 15) is 4.79 Å². The molecule has 0 radical (unpaired) electrons. The second-order valence-electron chi connectivity index (χ2n) is 6.67. The van der Waals surface area contributed by atoms with E-state index in [1.54, 1.807) is 19.2 Å². The molecule has 0 unspecified atom stereocenters. The molecular formula is C25H27NO5. The molecule has 0 saturated heterocycles. The van der Waals surface area contributed by atoms with Crippen molar-refractivity contribution in [3.8, 4) is 17.2 Å². The van der Waals surface area contributed by atoms with Crippen molar-refractivity contribution in [1.29, 1.82) is 0 Å². The Kier molecular flexibility index (Phi) is 8.76. The number of methoxy groups -OCH3 is 1. The lowest BCUT2D eigenvalue weighted by Gasteiger charge is -2.12. The maximum Gasteiger partial charge on any atom is 0.255 e. The highest BCUT2D eigenvalue weighted by Crippen LogP contribution is 2.18. The average Bonchev–Trinajstić information content (AvgIpc) is 2.82. The molecule has 31 heavy (non-hydrogen) atoms. The summed E-state index contributed by atoms with van der Waals surface area (Å²) in [6.45, 7) is 2.17. The summed E-state index contributed by atoms with van der Waals surface area (Å²) >= 11 is 0. The molecule has 3 aromatic rings. The van der Waals surface area contributed by atoms with E-state index in [4.69, 9.17) is 18.9 Å². The van der Waals surface area contributed by atoms with Gasteiger partial charge in [0.1, 0.15) is 37.1 Å². The number of rotatable bonds is 12. The van der Waals surface area contributed by atoms with Crippen LogP contribution in [0.4, 0.5) is 0 Å². The maximum absolute atomic E-state index is 12.7. The van der Waals surface area contributed by atoms with Crippen molar-refractivity contribution >= 4 is 5.91 Å². The summed E-state index contributed by atoms with van der Waals surface area (Å²) < 4.78 is 21.9. The predicted molar refractivity (Wildman–Crippen MR) is 119 cm³/mol. The Morgan fingerprint density at radius 2 is 1.32 bits per heavy atom. The number of hydrogen-bond donors (Lipinski definition) is 1. The summed E-state index contributed by atoms with van der Waals surface area (Å²) in [4.78, 5) is 12.7. The van der Waals surface area contributed by atoms with Crippen LogP contribution in [-0.2, 0) is 11.3 Å². The van der Waals surface area contributed by atoms with Crippen molar-refractivity contribution in [3.63, 3.8) is 0 Å². The van der Waals surface area contributed by atoms with Crippen LogP contribution < -0.4 is 19.5 Å². The second-order valence-corrected chi connectivity index (χ2v) is 6.67. The first kappa shape index (κ1) is 22.2. The van der Waals surface area contributed by atoms with E-state index in [-0.39, 0.29) is 5.91 Å². The van der Waals surface area contributed by atoms with E-state index in [2.05, 4.69) is 5.32 Å². The van der Waals surface area contributed by atoms with Crippen LogP contribution in [0.1, 0.15) is 15.9 Å². The van der Waals surface area contributed by atoms with Gasteiger partial charge in [0, 0.05) is 13.7 Å². The largest absolute Gasteiger partial charge is 0.491 e. The summed E-state index contributed by atoms with van der Waals surface area (Å²) in [6.07, 6.45) is 0. The third-order valence-electron chi connectivity index (χ3n) is 4.42. The van der Waals surface area contributed by atoms with Gasteiger partial charge in [0.25, 0.3) is 5.91 Å². The Morgan fingerprint density at radius 3 is 2.06 bits per heavy atom. The molecule has 0 aliphatic rings. The van der Waals surface area contributed by atoms with Crippen LogP contribution in [0.3, 0.4) is 0 Å². The Labute approximate surface area is 182 Å². The molecule has 0 heterocycles. The Balaban J connectivity index is 1.47. The molecule has 0 bridgehead atoms. The van der Waals surface area contributed by atoms with Gasteiger partial charge >= 0.3 is 0 Å². The van der Waals surface area contributed by atoms with Crippen LogP contribution in [-0.4, -0.2) is 39.4 Å². The molecule has 3 aromatic carbocycles. The Bertz CT molecular complexity index is 928. The van der Waals surface area contributed by atoms with E-state index in [0.717, 1.165) is 17.1 Å². The monoisotopic (exact) mass is 421 g/mol. The molecule has 1 N–H and O–H groups in total. The Hall–Kier alpha value is -3.51. The van der Waals surface area contributed by atoms with Crippen molar-refractivity contribution in [2.24, 2.45) is 0 Å². The normalized spacial score (nSPS) is 10.4. The minimum atomic E-state index is -0.194. The van der Waals surface area contributed by atoms with Gasteiger partial charge in [-0.05, 0) is 42.0 Å². The molecule has 3 rings (SSSR count). The summed E-state index contributed by atoms with van der Waals surface area (Å²) in [7, 11) is 1.64. The van der Waals surface area contributed by atoms with Crippen LogP contribution in [0.2, 0.25) is 0 Å². The standard InChI is InChI=1S/C25H27NO5/c1-28-15-16-29-22-13-11-20(12-14-22)19-26-25(27)23-9-5-6-10-24(23)31-18-17-30-21-7-3-2-4-8-21/h2-14H,15-19H2,1H3,(H,26,27). The van der Waals surface area contributed by atoms with Crippen LogP contribution >= 0.6 is 0 Å². The molecule has 0 atom stereocenters. The maximum atomic E-state index is 12.7. The van der Waals surface area contributed by atoms with Crippen LogP contribution in [0.15, 0.2) is 78.9 Å². The fourth-order valence-electron chi connectivity index (χ4n) is 2.83. The number of nitrogens with one attached hydrogen (secondary N) is 1. The first-order valence-corrected chi connectivity index (χ1v) is 10.1. The van der Waals surface area contributed by atoms with Crippen LogP contribution in [0.5, 0.6) is 17.2 Å². The topological polar surface area (TPSA) is 66.0 Å². The second kappa shape index (κ2) is 12.2. The van der Waals surface area contributed by atoms with Gasteiger partial charge in [0.2, 0.25) is 0 Å². The highest BCUT2D eigenvalue weighted by molar-refractivity contribution is 5.96. The first-order chi connectivity index (χ1) is 15.3. The number of carbonyl (C=O) groups excluding carboxylic acids is 1. The smallest absolute Gasteiger partial charge is 0.255 e. The molecule has 0 spiro atoms. The molecule has 0 saturated carbocycles. The highest BCUT2D eigenvalue weighted by atomic mass is 16.5. The number of amides is 1. The number of carbonyl (C=O) groups is 1. The van der Waals surface area contributed by atoms with Gasteiger partial charge in [-0.15, -0.1) is 0 Å². The summed E-state index contributed by atoms with van der Waals surface area (Å²) in [5.74, 6) is 1.88. The van der Waals surface area contributed by atoms with Crippen LogP contribution in [0, 0.1) is 0 Å². The molecule has 0 fully saturated rings. The van der Waals surface area contributed by atoms with E-state index in [1.165, 1.54) is 0 Å². The molecule has 6 nitrogen and oxygen atoms in total. The zero-order valence-corrected chi connectivity index (χ0v) is 17.6. The first-order valence-electron chi connectivity index (χ1n) is 10.1. The average molecular weight is 421 g/mol. The van der Waals surface area contributed by atoms with Gasteiger partial charge in [-0.1, -0.05) is 42.5 Å². The predicted octanol–water partition coefficient (Wildman–Crippen LogP) is 4.10. The lowest BCUT2D eigenvalue weighted by molar-refractivity contribution is 0.0945. The van der Waals surface area contributed by atoms with Gasteiger partial charge in [0.15, 0.2) is 0 Å². The quantitative estimate of drug-likeness (QED) is 0.446. The van der Waals surface area contributed by atoms with E-state index < -0.39 is 0 Å².